The highest BCUT2D eigenvalue weighted by atomic mass is 16.4. The molecule has 1 N–H and O–H groups in total. The van der Waals surface area contributed by atoms with Crippen LogP contribution in [0.15, 0.2) is 0 Å². The average Bonchev–Trinajstić information content (AvgIpc) is 2.25. The fourth-order valence-corrected chi connectivity index (χ4v) is 5.77. The molecule has 106 valence electrons. The Kier molecular flexibility index (Phi) is 2.55. The van der Waals surface area contributed by atoms with E-state index in [4.69, 9.17) is 0 Å². The van der Waals surface area contributed by atoms with E-state index in [9.17, 15) is 14.7 Å². The largest absolute Gasteiger partial charge is 0.550 e. The summed E-state index contributed by atoms with van der Waals surface area (Å²) < 4.78 is 0. The first kappa shape index (κ1) is 12.9. The van der Waals surface area contributed by atoms with Gasteiger partial charge in [0.05, 0.1) is 0 Å². The minimum absolute atomic E-state index is 0.0401. The van der Waals surface area contributed by atoms with Crippen LogP contribution >= 0.6 is 0 Å². The molecule has 0 unspecified atom stereocenters. The van der Waals surface area contributed by atoms with Gasteiger partial charge in [-0.1, -0.05) is 13.3 Å². The number of hydrogen-bond donors (Lipinski definition) is 1. The van der Waals surface area contributed by atoms with Crippen LogP contribution in [0.1, 0.15) is 58.8 Å². The summed E-state index contributed by atoms with van der Waals surface area (Å²) in [5.41, 5.74) is -0.888. The molecule has 4 nitrogen and oxygen atoms in total. The Balaban J connectivity index is 2.01. The minimum Gasteiger partial charge on any atom is -0.550 e. The zero-order valence-corrected chi connectivity index (χ0v) is 11.8. The normalized spacial score (nSPS) is 47.2. The standard InChI is InChI=1S/C15H23NO3/c1-3-13-4-11-5-14(7-13,12(18)19)9-15(6-11,8-13)16-10(2)17/h11H,3-9H2,1-2H3,(H,16,17)(H,18,19)/p-1/t11-,13+,14+,15-/m0/s1. The van der Waals surface area contributed by atoms with Crippen molar-refractivity contribution in [3.63, 3.8) is 0 Å². The number of amides is 1. The third-order valence-corrected chi connectivity index (χ3v) is 5.81. The molecule has 4 rings (SSSR count). The van der Waals surface area contributed by atoms with Gasteiger partial charge in [-0.2, -0.15) is 0 Å². The molecule has 0 aliphatic heterocycles. The molecule has 0 aromatic heterocycles. The van der Waals surface area contributed by atoms with Crippen molar-refractivity contribution < 1.29 is 14.7 Å². The predicted molar refractivity (Wildman–Crippen MR) is 67.9 cm³/mol. The number of carbonyl (C=O) groups excluding carboxylic acids is 2. The molecule has 0 saturated heterocycles. The zero-order valence-electron chi connectivity index (χ0n) is 11.8. The molecule has 19 heavy (non-hydrogen) atoms. The van der Waals surface area contributed by atoms with Crippen molar-refractivity contribution in [3.8, 4) is 0 Å². The Morgan fingerprint density at radius 1 is 1.21 bits per heavy atom. The fraction of sp³-hybridized carbons (Fsp3) is 0.867. The molecule has 0 spiro atoms. The maximum atomic E-state index is 11.7. The molecule has 4 saturated carbocycles. The smallest absolute Gasteiger partial charge is 0.217 e. The van der Waals surface area contributed by atoms with E-state index in [0.717, 1.165) is 38.5 Å². The third kappa shape index (κ3) is 1.79. The van der Waals surface area contributed by atoms with Gasteiger partial charge in [-0.25, -0.2) is 0 Å². The lowest BCUT2D eigenvalue weighted by molar-refractivity contribution is -0.330. The van der Waals surface area contributed by atoms with Gasteiger partial charge >= 0.3 is 0 Å². The molecule has 4 fully saturated rings. The maximum Gasteiger partial charge on any atom is 0.217 e. The van der Waals surface area contributed by atoms with Crippen molar-refractivity contribution in [2.24, 2.45) is 16.7 Å². The Bertz CT molecular complexity index is 449. The summed E-state index contributed by atoms with van der Waals surface area (Å²) in [6.45, 7) is 3.68. The van der Waals surface area contributed by atoms with Crippen LogP contribution in [0.3, 0.4) is 0 Å². The van der Waals surface area contributed by atoms with Crippen molar-refractivity contribution in [3.05, 3.63) is 0 Å². The van der Waals surface area contributed by atoms with E-state index < -0.39 is 11.4 Å². The van der Waals surface area contributed by atoms with Gasteiger partial charge < -0.3 is 15.2 Å². The van der Waals surface area contributed by atoms with E-state index in [1.54, 1.807) is 0 Å². The monoisotopic (exact) mass is 264 g/mol. The second-order valence-electron chi connectivity index (χ2n) is 7.39. The van der Waals surface area contributed by atoms with E-state index in [-0.39, 0.29) is 16.9 Å². The van der Waals surface area contributed by atoms with E-state index >= 15 is 0 Å². The van der Waals surface area contributed by atoms with Gasteiger partial charge in [-0.15, -0.1) is 0 Å². The number of hydrogen-bond acceptors (Lipinski definition) is 3. The molecular formula is C15H22NO3-. The predicted octanol–water partition coefficient (Wildman–Crippen LogP) is 0.992. The lowest BCUT2D eigenvalue weighted by Crippen LogP contribution is -2.69. The summed E-state index contributed by atoms with van der Waals surface area (Å²) in [4.78, 5) is 23.2. The van der Waals surface area contributed by atoms with Crippen LogP contribution in [0.25, 0.3) is 0 Å². The molecule has 4 aliphatic carbocycles. The van der Waals surface area contributed by atoms with Crippen molar-refractivity contribution in [2.75, 3.05) is 0 Å². The van der Waals surface area contributed by atoms with E-state index in [2.05, 4.69) is 12.2 Å². The van der Waals surface area contributed by atoms with Crippen LogP contribution in [0.2, 0.25) is 0 Å². The number of aliphatic carboxylic acids is 1. The van der Waals surface area contributed by atoms with Crippen LogP contribution in [0.4, 0.5) is 0 Å². The Morgan fingerprint density at radius 2 is 1.95 bits per heavy atom. The number of rotatable bonds is 3. The first-order valence-electron chi connectivity index (χ1n) is 7.33. The highest BCUT2D eigenvalue weighted by Crippen LogP contribution is 2.67. The number of carboxylic acid groups (broad SMARTS) is 1. The maximum absolute atomic E-state index is 11.7. The summed E-state index contributed by atoms with van der Waals surface area (Å²) in [6, 6.07) is 0. The average molecular weight is 264 g/mol. The van der Waals surface area contributed by atoms with Gasteiger partial charge in [0.2, 0.25) is 5.91 Å². The second-order valence-corrected chi connectivity index (χ2v) is 7.39. The molecular weight excluding hydrogens is 242 g/mol. The highest BCUT2D eigenvalue weighted by Gasteiger charge is 2.63. The van der Waals surface area contributed by atoms with E-state index in [1.165, 1.54) is 6.92 Å². The van der Waals surface area contributed by atoms with Gasteiger partial charge in [0.15, 0.2) is 0 Å². The Labute approximate surface area is 113 Å². The third-order valence-electron chi connectivity index (χ3n) is 5.81. The summed E-state index contributed by atoms with van der Waals surface area (Å²) >= 11 is 0. The topological polar surface area (TPSA) is 69.2 Å². The molecule has 0 aromatic rings. The lowest BCUT2D eigenvalue weighted by Gasteiger charge is -2.67. The molecule has 4 bridgehead atoms. The van der Waals surface area contributed by atoms with Gasteiger partial charge in [-0.3, -0.25) is 4.79 Å². The molecule has 0 heterocycles. The lowest BCUT2D eigenvalue weighted by atomic mass is 9.41. The molecule has 4 aliphatic rings. The van der Waals surface area contributed by atoms with Gasteiger partial charge in [0.1, 0.15) is 0 Å². The van der Waals surface area contributed by atoms with E-state index in [1.807, 2.05) is 0 Å². The minimum atomic E-state index is -0.899. The number of carboxylic acids is 1. The number of carbonyl (C=O) groups is 2. The van der Waals surface area contributed by atoms with Crippen molar-refractivity contribution in [1.82, 2.24) is 5.32 Å². The summed E-state index contributed by atoms with van der Waals surface area (Å²) in [7, 11) is 0. The Hall–Kier alpha value is -1.06. The van der Waals surface area contributed by atoms with Gasteiger partial charge in [0, 0.05) is 23.8 Å². The van der Waals surface area contributed by atoms with Crippen LogP contribution in [-0.2, 0) is 9.59 Å². The van der Waals surface area contributed by atoms with Crippen LogP contribution < -0.4 is 10.4 Å². The van der Waals surface area contributed by atoms with E-state index in [0.29, 0.717) is 12.3 Å². The summed E-state index contributed by atoms with van der Waals surface area (Å²) in [6.07, 6.45) is 6.08. The van der Waals surface area contributed by atoms with Gasteiger partial charge in [-0.05, 0) is 49.9 Å². The second kappa shape index (κ2) is 3.74. The highest BCUT2D eigenvalue weighted by molar-refractivity contribution is 5.76. The van der Waals surface area contributed by atoms with Crippen LogP contribution in [-0.4, -0.2) is 17.4 Å². The first-order valence-corrected chi connectivity index (χ1v) is 7.33. The Morgan fingerprint density at radius 3 is 2.53 bits per heavy atom. The summed E-state index contributed by atoms with van der Waals surface area (Å²) in [5, 5.41) is 14.8. The van der Waals surface area contributed by atoms with Crippen LogP contribution in [0.5, 0.6) is 0 Å². The molecule has 0 radical (unpaired) electrons. The van der Waals surface area contributed by atoms with Gasteiger partial charge in [0.25, 0.3) is 0 Å². The summed E-state index contributed by atoms with van der Waals surface area (Å²) in [5.74, 6) is -0.508. The fourth-order valence-electron chi connectivity index (χ4n) is 5.77. The van der Waals surface area contributed by atoms with Crippen LogP contribution in [0, 0.1) is 16.7 Å². The molecule has 4 atom stereocenters. The van der Waals surface area contributed by atoms with Crippen molar-refractivity contribution in [1.29, 1.82) is 0 Å². The molecule has 1 amide bonds. The van der Waals surface area contributed by atoms with Crippen molar-refractivity contribution >= 4 is 11.9 Å². The quantitative estimate of drug-likeness (QED) is 0.826. The molecule has 0 aromatic carbocycles. The number of nitrogens with one attached hydrogen (secondary N) is 1. The zero-order chi connectivity index (χ0) is 13.9. The van der Waals surface area contributed by atoms with Crippen molar-refractivity contribution in [2.45, 2.75) is 64.3 Å². The SMILES string of the molecule is CC[C@]12C[C@@H]3C[C@](NC(C)=O)(C1)C[C@@](C(=O)[O-])(C3)C2. The molecule has 4 heteroatoms. The first-order chi connectivity index (χ1) is 8.83.